The molecule has 2 aromatic heterocycles. The van der Waals surface area contributed by atoms with Crippen molar-refractivity contribution in [2.75, 3.05) is 0 Å². The molecular weight excluding hydrogens is 354 g/mol. The summed E-state index contributed by atoms with van der Waals surface area (Å²) in [5, 5.41) is 4.87. The highest BCUT2D eigenvalue weighted by Crippen LogP contribution is 2.33. The quantitative estimate of drug-likeness (QED) is 0.368. The van der Waals surface area contributed by atoms with E-state index in [1.165, 1.54) is 5.56 Å². The molecule has 0 spiro atoms. The highest BCUT2D eigenvalue weighted by atomic mass is 15.3. The summed E-state index contributed by atoms with van der Waals surface area (Å²) in [4.78, 5) is 5.06. The second-order valence-electron chi connectivity index (χ2n) is 7.32. The van der Waals surface area contributed by atoms with Gasteiger partial charge in [-0.05, 0) is 25.5 Å². The van der Waals surface area contributed by atoms with Gasteiger partial charge in [0.1, 0.15) is 0 Å². The average molecular weight is 375 g/mol. The Labute approximate surface area is 170 Å². The third kappa shape index (κ3) is 3.11. The van der Waals surface area contributed by atoms with Crippen molar-refractivity contribution >= 4 is 5.65 Å². The Morgan fingerprint density at radius 1 is 0.655 bits per heavy atom. The fourth-order valence-corrected chi connectivity index (χ4v) is 3.75. The van der Waals surface area contributed by atoms with Gasteiger partial charge in [-0.3, -0.25) is 0 Å². The molecule has 0 fully saturated rings. The van der Waals surface area contributed by atoms with Crippen molar-refractivity contribution in [2.45, 2.75) is 13.8 Å². The lowest BCUT2D eigenvalue weighted by molar-refractivity contribution is 0.926. The molecule has 0 aliphatic rings. The van der Waals surface area contributed by atoms with Gasteiger partial charge in [-0.25, -0.2) is 9.50 Å². The van der Waals surface area contributed by atoms with Crippen LogP contribution in [0, 0.1) is 13.8 Å². The minimum absolute atomic E-state index is 0.880. The van der Waals surface area contributed by atoms with Crippen LogP contribution in [0.15, 0.2) is 91.0 Å². The third-order valence-electron chi connectivity index (χ3n) is 5.24. The van der Waals surface area contributed by atoms with Crippen LogP contribution in [0.3, 0.4) is 0 Å². The summed E-state index contributed by atoms with van der Waals surface area (Å²) in [5.74, 6) is 0. The van der Waals surface area contributed by atoms with E-state index >= 15 is 0 Å². The normalized spacial score (nSPS) is 11.1. The molecule has 5 aromatic rings. The Balaban J connectivity index is 1.84. The number of hydrogen-bond acceptors (Lipinski definition) is 2. The molecule has 140 valence electrons. The molecule has 0 saturated heterocycles. The van der Waals surface area contributed by atoms with Crippen LogP contribution in [0.2, 0.25) is 0 Å². The maximum atomic E-state index is 5.06. The van der Waals surface area contributed by atoms with Crippen LogP contribution < -0.4 is 0 Å². The van der Waals surface area contributed by atoms with E-state index < -0.39 is 0 Å². The third-order valence-corrected chi connectivity index (χ3v) is 5.24. The average Bonchev–Trinajstić information content (AvgIpc) is 3.10. The lowest BCUT2D eigenvalue weighted by Crippen LogP contribution is -1.99. The van der Waals surface area contributed by atoms with E-state index in [2.05, 4.69) is 92.7 Å². The molecule has 3 aromatic carbocycles. The summed E-state index contributed by atoms with van der Waals surface area (Å²) in [6, 6.07) is 31.4. The van der Waals surface area contributed by atoms with Gasteiger partial charge in [0.25, 0.3) is 0 Å². The molecule has 0 bridgehead atoms. The smallest absolute Gasteiger partial charge is 0.164 e. The summed E-state index contributed by atoms with van der Waals surface area (Å²) in [6.07, 6.45) is 0. The summed E-state index contributed by atoms with van der Waals surface area (Å²) >= 11 is 0. The van der Waals surface area contributed by atoms with E-state index in [0.717, 1.165) is 45.0 Å². The Kier molecular flexibility index (Phi) is 4.21. The first-order chi connectivity index (χ1) is 14.2. The molecule has 2 heterocycles. The predicted molar refractivity (Wildman–Crippen MR) is 119 cm³/mol. The maximum Gasteiger partial charge on any atom is 0.164 e. The maximum absolute atomic E-state index is 5.06. The lowest BCUT2D eigenvalue weighted by Gasteiger charge is -2.10. The highest BCUT2D eigenvalue weighted by molar-refractivity contribution is 5.83. The van der Waals surface area contributed by atoms with E-state index in [-0.39, 0.29) is 0 Å². The van der Waals surface area contributed by atoms with Gasteiger partial charge in [0, 0.05) is 16.7 Å². The lowest BCUT2D eigenvalue weighted by atomic mass is 10.0. The number of benzene rings is 3. The van der Waals surface area contributed by atoms with Gasteiger partial charge in [0.15, 0.2) is 5.65 Å². The van der Waals surface area contributed by atoms with E-state index in [1.807, 2.05) is 16.6 Å². The molecule has 0 radical (unpaired) electrons. The van der Waals surface area contributed by atoms with Gasteiger partial charge in [0.2, 0.25) is 0 Å². The van der Waals surface area contributed by atoms with Crippen LogP contribution in [0.4, 0.5) is 0 Å². The number of hydrogen-bond donors (Lipinski definition) is 0. The van der Waals surface area contributed by atoms with Crippen LogP contribution in [0.1, 0.15) is 11.3 Å². The van der Waals surface area contributed by atoms with Crippen molar-refractivity contribution in [3.63, 3.8) is 0 Å². The minimum Gasteiger partial charge on any atom is -0.228 e. The molecule has 3 nitrogen and oxygen atoms in total. The molecule has 0 N–H and O–H groups in total. The van der Waals surface area contributed by atoms with E-state index in [1.54, 1.807) is 0 Å². The fourth-order valence-electron chi connectivity index (χ4n) is 3.75. The van der Waals surface area contributed by atoms with Gasteiger partial charge >= 0.3 is 0 Å². The summed E-state index contributed by atoms with van der Waals surface area (Å²) in [6.45, 7) is 4.15. The summed E-state index contributed by atoms with van der Waals surface area (Å²) < 4.78 is 1.98. The molecule has 0 amide bonds. The van der Waals surface area contributed by atoms with E-state index in [9.17, 15) is 0 Å². The zero-order valence-corrected chi connectivity index (χ0v) is 16.5. The minimum atomic E-state index is 0.880. The number of aromatic nitrogens is 3. The molecule has 29 heavy (non-hydrogen) atoms. The van der Waals surface area contributed by atoms with Gasteiger partial charge in [-0.15, -0.1) is 0 Å². The van der Waals surface area contributed by atoms with Crippen molar-refractivity contribution in [1.82, 2.24) is 14.6 Å². The summed E-state index contributed by atoms with van der Waals surface area (Å²) in [7, 11) is 0. The first kappa shape index (κ1) is 17.4. The topological polar surface area (TPSA) is 30.2 Å². The number of fused-ring (bicyclic) bond motifs is 1. The first-order valence-electron chi connectivity index (χ1n) is 9.79. The van der Waals surface area contributed by atoms with Crippen molar-refractivity contribution < 1.29 is 0 Å². The molecule has 0 saturated carbocycles. The standard InChI is InChI=1S/C26H21N3/c1-18-13-15-20(16-14-18)23-17-24(21-9-5-3-6-10-21)29-26(27-23)25(19(2)28-29)22-11-7-4-8-12-22/h3-17H,1-2H3. The van der Waals surface area contributed by atoms with E-state index in [4.69, 9.17) is 10.1 Å². The molecule has 0 unspecified atom stereocenters. The van der Waals surface area contributed by atoms with Gasteiger partial charge in [0.05, 0.1) is 17.1 Å². The predicted octanol–water partition coefficient (Wildman–Crippen LogP) is 6.35. The fraction of sp³-hybridized carbons (Fsp3) is 0.0769. The van der Waals surface area contributed by atoms with Gasteiger partial charge in [-0.1, -0.05) is 90.5 Å². The van der Waals surface area contributed by atoms with Gasteiger partial charge in [-0.2, -0.15) is 5.10 Å². The Hall–Kier alpha value is -3.72. The largest absolute Gasteiger partial charge is 0.228 e. The highest BCUT2D eigenvalue weighted by Gasteiger charge is 2.18. The Morgan fingerprint density at radius 3 is 1.93 bits per heavy atom. The molecule has 0 atom stereocenters. The molecule has 0 aliphatic heterocycles. The summed E-state index contributed by atoms with van der Waals surface area (Å²) in [5.41, 5.74) is 9.52. The molecular formula is C26H21N3. The first-order valence-corrected chi connectivity index (χ1v) is 9.79. The molecule has 3 heteroatoms. The molecule has 0 aliphatic carbocycles. The van der Waals surface area contributed by atoms with Crippen LogP contribution in [-0.4, -0.2) is 14.6 Å². The van der Waals surface area contributed by atoms with Crippen LogP contribution >= 0.6 is 0 Å². The zero-order valence-electron chi connectivity index (χ0n) is 16.5. The van der Waals surface area contributed by atoms with E-state index in [0.29, 0.717) is 0 Å². The second kappa shape index (κ2) is 7.02. The number of nitrogens with zero attached hydrogens (tertiary/aromatic N) is 3. The number of aryl methyl sites for hydroxylation is 2. The van der Waals surface area contributed by atoms with Crippen LogP contribution in [0.25, 0.3) is 39.3 Å². The Morgan fingerprint density at radius 2 is 1.28 bits per heavy atom. The zero-order chi connectivity index (χ0) is 19.8. The SMILES string of the molecule is Cc1ccc(-c2cc(-c3ccccc3)n3nc(C)c(-c4ccccc4)c3n2)cc1. The Bertz CT molecular complexity index is 1290. The van der Waals surface area contributed by atoms with Crippen molar-refractivity contribution in [2.24, 2.45) is 0 Å². The molecule has 5 rings (SSSR count). The van der Waals surface area contributed by atoms with Crippen molar-refractivity contribution in [3.8, 4) is 33.6 Å². The van der Waals surface area contributed by atoms with Crippen molar-refractivity contribution in [3.05, 3.63) is 102 Å². The monoisotopic (exact) mass is 375 g/mol. The van der Waals surface area contributed by atoms with Crippen LogP contribution in [0.5, 0.6) is 0 Å². The number of rotatable bonds is 3. The van der Waals surface area contributed by atoms with Crippen molar-refractivity contribution in [1.29, 1.82) is 0 Å². The second-order valence-corrected chi connectivity index (χ2v) is 7.32. The van der Waals surface area contributed by atoms with Gasteiger partial charge < -0.3 is 0 Å². The van der Waals surface area contributed by atoms with Crippen LogP contribution in [-0.2, 0) is 0 Å².